The van der Waals surface area contributed by atoms with E-state index < -0.39 is 0 Å². The van der Waals surface area contributed by atoms with E-state index in [1.54, 1.807) is 48.6 Å². The van der Waals surface area contributed by atoms with Gasteiger partial charge in [0, 0.05) is 51.1 Å². The average Bonchev–Trinajstić information content (AvgIpc) is 3.33. The van der Waals surface area contributed by atoms with E-state index in [9.17, 15) is 4.79 Å². The highest BCUT2D eigenvalue weighted by Gasteiger charge is 2.26. The molecular formula is C21H23Cl2N7O2. The molecule has 32 heavy (non-hydrogen) atoms. The monoisotopic (exact) mass is 475 g/mol. The Bertz CT molecular complexity index is 1080. The number of carbonyl (C=O) groups excluding carboxylic acids is 1. The number of hydrogen-bond acceptors (Lipinski definition) is 7. The first kappa shape index (κ1) is 22.3. The van der Waals surface area contributed by atoms with Crippen molar-refractivity contribution in [1.82, 2.24) is 30.2 Å². The number of nitrogens with zero attached hydrogens (tertiary/aromatic N) is 5. The van der Waals surface area contributed by atoms with Gasteiger partial charge in [-0.1, -0.05) is 29.3 Å². The molecule has 3 aromatic rings. The lowest BCUT2D eigenvalue weighted by atomic mass is 10.1. The number of anilines is 1. The molecular weight excluding hydrogens is 453 g/mol. The second kappa shape index (κ2) is 10.2. The minimum Gasteiger partial charge on any atom is -0.495 e. The molecule has 1 saturated heterocycles. The molecule has 0 aliphatic carbocycles. The lowest BCUT2D eigenvalue weighted by molar-refractivity contribution is -0.121. The van der Waals surface area contributed by atoms with Crippen molar-refractivity contribution in [1.29, 1.82) is 0 Å². The number of amides is 1. The molecule has 4 rings (SSSR count). The molecule has 1 aliphatic heterocycles. The Morgan fingerprint density at radius 1 is 1.31 bits per heavy atom. The molecule has 11 heteroatoms. The lowest BCUT2D eigenvalue weighted by Crippen LogP contribution is -2.53. The van der Waals surface area contributed by atoms with Gasteiger partial charge in [-0.05, 0) is 17.7 Å². The second-order valence-electron chi connectivity index (χ2n) is 7.32. The smallest absolute Gasteiger partial charge is 0.238 e. The summed E-state index contributed by atoms with van der Waals surface area (Å²) in [5.41, 5.74) is 0.898. The van der Waals surface area contributed by atoms with Crippen molar-refractivity contribution in [3.05, 3.63) is 58.7 Å². The largest absolute Gasteiger partial charge is 0.495 e. The fourth-order valence-corrected chi connectivity index (χ4v) is 4.04. The summed E-state index contributed by atoms with van der Waals surface area (Å²) in [7, 11) is 1.57. The quantitative estimate of drug-likeness (QED) is 0.506. The van der Waals surface area contributed by atoms with Gasteiger partial charge in [-0.25, -0.2) is 9.97 Å². The highest BCUT2D eigenvalue weighted by molar-refractivity contribution is 6.32. The van der Waals surface area contributed by atoms with Gasteiger partial charge >= 0.3 is 0 Å². The molecule has 3 heterocycles. The number of ether oxygens (including phenoxy) is 1. The molecule has 1 fully saturated rings. The number of aromatic nitrogens is 4. The molecule has 9 nitrogen and oxygen atoms in total. The van der Waals surface area contributed by atoms with Crippen LogP contribution < -0.4 is 20.3 Å². The van der Waals surface area contributed by atoms with E-state index in [2.05, 4.69) is 30.5 Å². The Balaban J connectivity index is 1.43. The highest BCUT2D eigenvalue weighted by Crippen LogP contribution is 2.25. The van der Waals surface area contributed by atoms with E-state index in [4.69, 9.17) is 27.9 Å². The van der Waals surface area contributed by atoms with E-state index in [1.165, 1.54) is 0 Å². The van der Waals surface area contributed by atoms with E-state index >= 15 is 0 Å². The van der Waals surface area contributed by atoms with Crippen LogP contribution in [-0.2, 0) is 11.3 Å². The Kier molecular flexibility index (Phi) is 7.09. The standard InChI is InChI=1S/C21H23Cl2N7O2/c1-32-17-3-2-14(8-16(17)22)11-26-20(31)9-15-12-24-5-7-30(15)19-10-18(23)27-21(28-19)29-6-4-25-13-29/h2-4,6,8,10,13,15,24H,5,7,9,11-12H2,1H3,(H,26,31). The predicted octanol–water partition coefficient (Wildman–Crippen LogP) is 2.46. The summed E-state index contributed by atoms with van der Waals surface area (Å²) in [5.74, 6) is 1.65. The van der Waals surface area contributed by atoms with Crippen molar-refractivity contribution in [2.45, 2.75) is 19.0 Å². The van der Waals surface area contributed by atoms with Gasteiger partial charge in [0.25, 0.3) is 0 Å². The molecule has 0 saturated carbocycles. The maximum atomic E-state index is 12.7. The van der Waals surface area contributed by atoms with Crippen LogP contribution in [0.5, 0.6) is 5.75 Å². The fourth-order valence-electron chi connectivity index (χ4n) is 3.59. The highest BCUT2D eigenvalue weighted by atomic mass is 35.5. The zero-order valence-corrected chi connectivity index (χ0v) is 19.0. The summed E-state index contributed by atoms with van der Waals surface area (Å²) in [6.07, 6.45) is 5.32. The molecule has 0 spiro atoms. The number of methoxy groups -OCH3 is 1. The number of nitrogens with one attached hydrogen (secondary N) is 2. The maximum Gasteiger partial charge on any atom is 0.238 e. The number of halogens is 2. The molecule has 168 valence electrons. The molecule has 1 aromatic carbocycles. The third-order valence-electron chi connectivity index (χ3n) is 5.18. The molecule has 1 atom stereocenters. The van der Waals surface area contributed by atoms with Crippen LogP contribution in [0.25, 0.3) is 5.95 Å². The van der Waals surface area contributed by atoms with Crippen LogP contribution in [0.15, 0.2) is 43.0 Å². The zero-order valence-electron chi connectivity index (χ0n) is 17.5. The Hall–Kier alpha value is -2.88. The number of rotatable bonds is 7. The SMILES string of the molecule is COc1ccc(CNC(=O)CC2CNCCN2c2cc(Cl)nc(-n3ccnc3)n2)cc1Cl. The van der Waals surface area contributed by atoms with Gasteiger partial charge in [-0.2, -0.15) is 4.98 Å². The first-order chi connectivity index (χ1) is 15.5. The van der Waals surface area contributed by atoms with E-state index in [1.807, 2.05) is 6.07 Å². The number of benzene rings is 1. The van der Waals surface area contributed by atoms with Crippen molar-refractivity contribution >= 4 is 34.9 Å². The first-order valence-corrected chi connectivity index (χ1v) is 10.9. The summed E-state index contributed by atoms with van der Waals surface area (Å²) in [6, 6.07) is 7.09. The van der Waals surface area contributed by atoms with Gasteiger partial charge in [-0.3, -0.25) is 9.36 Å². The van der Waals surface area contributed by atoms with Gasteiger partial charge in [0.05, 0.1) is 18.2 Å². The van der Waals surface area contributed by atoms with Gasteiger partial charge < -0.3 is 20.3 Å². The summed E-state index contributed by atoms with van der Waals surface area (Å²) >= 11 is 12.4. The minimum atomic E-state index is -0.0789. The summed E-state index contributed by atoms with van der Waals surface area (Å²) < 4.78 is 6.86. The number of imidazole rings is 1. The summed E-state index contributed by atoms with van der Waals surface area (Å²) in [5, 5.41) is 7.15. The first-order valence-electron chi connectivity index (χ1n) is 10.1. The molecule has 1 amide bonds. The van der Waals surface area contributed by atoms with Gasteiger partial charge in [-0.15, -0.1) is 0 Å². The van der Waals surface area contributed by atoms with E-state index in [0.717, 1.165) is 12.1 Å². The van der Waals surface area contributed by atoms with Gasteiger partial charge in [0.1, 0.15) is 23.0 Å². The van der Waals surface area contributed by atoms with Crippen LogP contribution in [0, 0.1) is 0 Å². The minimum absolute atomic E-state index is 0.0642. The van der Waals surface area contributed by atoms with Crippen LogP contribution in [0.2, 0.25) is 10.2 Å². The summed E-state index contributed by atoms with van der Waals surface area (Å²) in [4.78, 5) is 27.7. The molecule has 1 unspecified atom stereocenters. The maximum absolute atomic E-state index is 12.7. The molecule has 0 bridgehead atoms. The molecule has 0 radical (unpaired) electrons. The molecule has 2 N–H and O–H groups in total. The Morgan fingerprint density at radius 2 is 2.19 bits per heavy atom. The van der Waals surface area contributed by atoms with Crippen LogP contribution >= 0.6 is 23.2 Å². The number of carbonyl (C=O) groups is 1. The van der Waals surface area contributed by atoms with Gasteiger partial charge in [0.2, 0.25) is 11.9 Å². The normalized spacial score (nSPS) is 16.1. The Morgan fingerprint density at radius 3 is 2.94 bits per heavy atom. The second-order valence-corrected chi connectivity index (χ2v) is 8.11. The molecule has 1 aliphatic rings. The van der Waals surface area contributed by atoms with Crippen LogP contribution in [-0.4, -0.2) is 58.2 Å². The lowest BCUT2D eigenvalue weighted by Gasteiger charge is -2.37. The van der Waals surface area contributed by atoms with Crippen LogP contribution in [0.1, 0.15) is 12.0 Å². The topological polar surface area (TPSA) is 97.2 Å². The third-order valence-corrected chi connectivity index (χ3v) is 5.67. The third kappa shape index (κ3) is 5.29. The molecule has 2 aromatic heterocycles. The van der Waals surface area contributed by atoms with Crippen LogP contribution in [0.4, 0.5) is 5.82 Å². The van der Waals surface area contributed by atoms with Crippen molar-refractivity contribution in [3.8, 4) is 11.7 Å². The zero-order chi connectivity index (χ0) is 22.5. The summed E-state index contributed by atoms with van der Waals surface area (Å²) in [6.45, 7) is 2.52. The van der Waals surface area contributed by atoms with Crippen molar-refractivity contribution < 1.29 is 9.53 Å². The Labute approximate surface area is 195 Å². The van der Waals surface area contributed by atoms with Crippen molar-refractivity contribution in [2.75, 3.05) is 31.6 Å². The fraction of sp³-hybridized carbons (Fsp3) is 0.333. The van der Waals surface area contributed by atoms with E-state index in [-0.39, 0.29) is 11.9 Å². The average molecular weight is 476 g/mol. The number of hydrogen-bond donors (Lipinski definition) is 2. The van der Waals surface area contributed by atoms with Crippen molar-refractivity contribution in [3.63, 3.8) is 0 Å². The predicted molar refractivity (Wildman–Crippen MR) is 123 cm³/mol. The van der Waals surface area contributed by atoms with E-state index in [0.29, 0.717) is 53.7 Å². The van der Waals surface area contributed by atoms with Crippen molar-refractivity contribution in [2.24, 2.45) is 0 Å². The number of piperazine rings is 1. The van der Waals surface area contributed by atoms with Crippen LogP contribution in [0.3, 0.4) is 0 Å². The van der Waals surface area contributed by atoms with Gasteiger partial charge in [0.15, 0.2) is 0 Å².